The molecule has 0 aromatic heterocycles. The average molecular weight is 384 g/mol. The van der Waals surface area contributed by atoms with Crippen LogP contribution in [-0.2, 0) is 11.2 Å². The summed E-state index contributed by atoms with van der Waals surface area (Å²) < 4.78 is 0. The van der Waals surface area contributed by atoms with Crippen molar-refractivity contribution >= 4 is 23.2 Å². The summed E-state index contributed by atoms with van der Waals surface area (Å²) in [5, 5.41) is 2.98. The van der Waals surface area contributed by atoms with Crippen LogP contribution in [0.25, 0.3) is 11.1 Å². The monoisotopic (exact) mass is 384 g/mol. The highest BCUT2D eigenvalue weighted by Gasteiger charge is 2.20. The molecule has 0 saturated heterocycles. The highest BCUT2D eigenvalue weighted by Crippen LogP contribution is 2.32. The number of hydrogen-bond acceptors (Lipinski definition) is 2. The minimum Gasteiger partial charge on any atom is -0.322 e. The molecule has 0 spiro atoms. The summed E-state index contributed by atoms with van der Waals surface area (Å²) >= 11 is 0. The fraction of sp³-hybridized carbons (Fsp3) is 0.200. The molecule has 1 aliphatic heterocycles. The Morgan fingerprint density at radius 2 is 1.69 bits per heavy atom. The van der Waals surface area contributed by atoms with Gasteiger partial charge in [-0.1, -0.05) is 35.9 Å². The second-order valence-corrected chi connectivity index (χ2v) is 7.52. The minimum absolute atomic E-state index is 0.0829. The SMILES string of the molecule is CC(=O)N1CCCc2cc(-c3cccc(NC(=O)c4ccc(C)cc4)c3)ccc21. The Kier molecular flexibility index (Phi) is 5.17. The quantitative estimate of drug-likeness (QED) is 0.674. The van der Waals surface area contributed by atoms with Gasteiger partial charge in [-0.15, -0.1) is 0 Å². The lowest BCUT2D eigenvalue weighted by Crippen LogP contribution is -2.33. The second-order valence-electron chi connectivity index (χ2n) is 7.52. The van der Waals surface area contributed by atoms with E-state index in [4.69, 9.17) is 0 Å². The molecule has 0 saturated carbocycles. The topological polar surface area (TPSA) is 49.4 Å². The van der Waals surface area contributed by atoms with Crippen LogP contribution in [0, 0.1) is 6.92 Å². The molecule has 1 N–H and O–H groups in total. The van der Waals surface area contributed by atoms with E-state index in [1.165, 1.54) is 5.56 Å². The van der Waals surface area contributed by atoms with Crippen molar-refractivity contribution in [2.45, 2.75) is 26.7 Å². The largest absolute Gasteiger partial charge is 0.322 e. The average Bonchev–Trinajstić information content (AvgIpc) is 2.73. The smallest absolute Gasteiger partial charge is 0.255 e. The molecule has 1 aliphatic rings. The zero-order valence-electron chi connectivity index (χ0n) is 16.7. The van der Waals surface area contributed by atoms with Crippen LogP contribution in [0.2, 0.25) is 0 Å². The third-order valence-corrected chi connectivity index (χ3v) is 5.35. The molecule has 1 heterocycles. The molecule has 146 valence electrons. The first kappa shape index (κ1) is 18.9. The van der Waals surface area contributed by atoms with Gasteiger partial charge >= 0.3 is 0 Å². The first-order chi connectivity index (χ1) is 14.0. The van der Waals surface area contributed by atoms with Crippen molar-refractivity contribution in [2.75, 3.05) is 16.8 Å². The molecule has 3 aromatic rings. The molecule has 2 amide bonds. The highest BCUT2D eigenvalue weighted by molar-refractivity contribution is 6.04. The molecule has 0 atom stereocenters. The van der Waals surface area contributed by atoms with E-state index in [2.05, 4.69) is 11.4 Å². The number of amides is 2. The normalized spacial score (nSPS) is 13.0. The summed E-state index contributed by atoms with van der Waals surface area (Å²) in [6.07, 6.45) is 1.94. The van der Waals surface area contributed by atoms with Crippen LogP contribution in [0.3, 0.4) is 0 Å². The van der Waals surface area contributed by atoms with Crippen LogP contribution in [0.5, 0.6) is 0 Å². The van der Waals surface area contributed by atoms with Crippen molar-refractivity contribution in [3.8, 4) is 11.1 Å². The van der Waals surface area contributed by atoms with Crippen molar-refractivity contribution < 1.29 is 9.59 Å². The van der Waals surface area contributed by atoms with Crippen LogP contribution in [0.1, 0.15) is 34.8 Å². The number of anilines is 2. The molecule has 3 aromatic carbocycles. The third kappa shape index (κ3) is 4.06. The van der Waals surface area contributed by atoms with Crippen LogP contribution < -0.4 is 10.2 Å². The van der Waals surface area contributed by atoms with Crippen LogP contribution in [-0.4, -0.2) is 18.4 Å². The van der Waals surface area contributed by atoms with Gasteiger partial charge in [0.1, 0.15) is 0 Å². The van der Waals surface area contributed by atoms with Crippen molar-refractivity contribution in [3.05, 3.63) is 83.4 Å². The number of nitrogens with one attached hydrogen (secondary N) is 1. The van der Waals surface area contributed by atoms with E-state index in [9.17, 15) is 9.59 Å². The van der Waals surface area contributed by atoms with Crippen LogP contribution in [0.15, 0.2) is 66.7 Å². The van der Waals surface area contributed by atoms with Crippen LogP contribution in [0.4, 0.5) is 11.4 Å². The van der Waals surface area contributed by atoms with Gasteiger partial charge in [0, 0.05) is 30.4 Å². The number of nitrogens with zero attached hydrogens (tertiary/aromatic N) is 1. The fourth-order valence-corrected chi connectivity index (χ4v) is 3.79. The van der Waals surface area contributed by atoms with Crippen molar-refractivity contribution in [1.29, 1.82) is 0 Å². The Morgan fingerprint density at radius 3 is 2.45 bits per heavy atom. The Balaban J connectivity index is 1.58. The molecule has 0 unspecified atom stereocenters. The van der Waals surface area contributed by atoms with Crippen molar-refractivity contribution in [3.63, 3.8) is 0 Å². The van der Waals surface area contributed by atoms with Gasteiger partial charge in [-0.25, -0.2) is 0 Å². The predicted molar refractivity (Wildman–Crippen MR) is 117 cm³/mol. The molecule has 4 rings (SSSR count). The van der Waals surface area contributed by atoms with E-state index in [0.29, 0.717) is 5.56 Å². The van der Waals surface area contributed by atoms with Gasteiger partial charge in [0.05, 0.1) is 0 Å². The predicted octanol–water partition coefficient (Wildman–Crippen LogP) is 5.21. The Bertz CT molecular complexity index is 1070. The van der Waals surface area contributed by atoms with Crippen molar-refractivity contribution in [2.24, 2.45) is 0 Å². The molecule has 4 nitrogen and oxygen atoms in total. The number of aryl methyl sites for hydroxylation is 2. The van der Waals surface area contributed by atoms with E-state index in [1.807, 2.05) is 72.5 Å². The van der Waals surface area contributed by atoms with E-state index < -0.39 is 0 Å². The lowest BCUT2D eigenvalue weighted by atomic mass is 9.96. The van der Waals surface area contributed by atoms with Gasteiger partial charge in [0.15, 0.2) is 0 Å². The van der Waals surface area contributed by atoms with Gasteiger partial charge in [-0.2, -0.15) is 0 Å². The molecule has 4 heteroatoms. The van der Waals surface area contributed by atoms with E-state index in [0.717, 1.165) is 47.5 Å². The van der Waals surface area contributed by atoms with Crippen molar-refractivity contribution in [1.82, 2.24) is 0 Å². The maximum Gasteiger partial charge on any atom is 0.255 e. The molecular weight excluding hydrogens is 360 g/mol. The zero-order chi connectivity index (χ0) is 20.4. The Labute approximate surface area is 171 Å². The number of carbonyl (C=O) groups is 2. The standard InChI is InChI=1S/C25H24N2O2/c1-17-8-10-19(11-9-17)25(29)26-23-7-3-5-20(16-23)21-12-13-24-22(15-21)6-4-14-27(24)18(2)28/h3,5,7-13,15-16H,4,6,14H2,1-2H3,(H,26,29). The van der Waals surface area contributed by atoms with Gasteiger partial charge in [0.2, 0.25) is 5.91 Å². The minimum atomic E-state index is -0.121. The summed E-state index contributed by atoms with van der Waals surface area (Å²) in [7, 11) is 0. The molecule has 0 bridgehead atoms. The number of hydrogen-bond donors (Lipinski definition) is 1. The van der Waals surface area contributed by atoms with Gasteiger partial charge < -0.3 is 10.2 Å². The van der Waals surface area contributed by atoms with E-state index in [1.54, 1.807) is 6.92 Å². The molecule has 29 heavy (non-hydrogen) atoms. The van der Waals surface area contributed by atoms with Crippen LogP contribution >= 0.6 is 0 Å². The first-order valence-corrected chi connectivity index (χ1v) is 9.91. The molecule has 0 aliphatic carbocycles. The maximum atomic E-state index is 12.5. The summed E-state index contributed by atoms with van der Waals surface area (Å²) in [5.74, 6) is -0.0378. The third-order valence-electron chi connectivity index (χ3n) is 5.35. The molecular formula is C25H24N2O2. The maximum absolute atomic E-state index is 12.5. The van der Waals surface area contributed by atoms with E-state index >= 15 is 0 Å². The Hall–Kier alpha value is -3.40. The van der Waals surface area contributed by atoms with E-state index in [-0.39, 0.29) is 11.8 Å². The summed E-state index contributed by atoms with van der Waals surface area (Å²) in [6, 6.07) is 21.6. The first-order valence-electron chi connectivity index (χ1n) is 9.91. The molecule has 0 radical (unpaired) electrons. The Morgan fingerprint density at radius 1 is 0.931 bits per heavy atom. The van der Waals surface area contributed by atoms with Gasteiger partial charge in [-0.05, 0) is 72.9 Å². The lowest BCUT2D eigenvalue weighted by Gasteiger charge is -2.29. The lowest BCUT2D eigenvalue weighted by molar-refractivity contribution is -0.116. The summed E-state index contributed by atoms with van der Waals surface area (Å²) in [6.45, 7) is 4.39. The second kappa shape index (κ2) is 7.92. The number of fused-ring (bicyclic) bond motifs is 1. The van der Waals surface area contributed by atoms with Gasteiger partial charge in [0.25, 0.3) is 5.91 Å². The fourth-order valence-electron chi connectivity index (χ4n) is 3.79. The van der Waals surface area contributed by atoms with Gasteiger partial charge in [-0.3, -0.25) is 9.59 Å². The molecule has 0 fully saturated rings. The number of rotatable bonds is 3. The zero-order valence-corrected chi connectivity index (χ0v) is 16.7. The summed E-state index contributed by atoms with van der Waals surface area (Å²) in [5.41, 5.74) is 6.85. The number of benzene rings is 3. The summed E-state index contributed by atoms with van der Waals surface area (Å²) in [4.78, 5) is 26.2. The highest BCUT2D eigenvalue weighted by atomic mass is 16.2. The number of carbonyl (C=O) groups excluding carboxylic acids is 2.